The summed E-state index contributed by atoms with van der Waals surface area (Å²) in [5, 5.41) is 14.8. The quantitative estimate of drug-likeness (QED) is 0.691. The highest BCUT2D eigenvalue weighted by atomic mass is 16.5. The summed E-state index contributed by atoms with van der Waals surface area (Å²) in [6, 6.07) is 10.5. The standard InChI is InChI=1S/C24H30N2O5/c27-21(25-17-24(10-4-1-5-11-24)26-12-14-30-15-13-26)16-31-23(29)20-9-8-18-6-2-3-7-19(18)22(20)28/h2-3,6-9,28H,1,4-5,10-17H2,(H,25,27). The van der Waals surface area contributed by atoms with Gasteiger partial charge in [0.05, 0.1) is 13.2 Å². The number of nitrogens with one attached hydrogen (secondary N) is 1. The summed E-state index contributed by atoms with van der Waals surface area (Å²) in [6.45, 7) is 3.39. The zero-order valence-corrected chi connectivity index (χ0v) is 17.8. The van der Waals surface area contributed by atoms with Gasteiger partial charge in [-0.05, 0) is 24.3 Å². The van der Waals surface area contributed by atoms with Crippen molar-refractivity contribution in [1.29, 1.82) is 0 Å². The first-order valence-electron chi connectivity index (χ1n) is 11.1. The fourth-order valence-corrected chi connectivity index (χ4v) is 4.80. The minimum Gasteiger partial charge on any atom is -0.506 e. The molecule has 166 valence electrons. The van der Waals surface area contributed by atoms with Crippen LogP contribution >= 0.6 is 0 Å². The number of nitrogens with zero attached hydrogens (tertiary/aromatic N) is 1. The third-order valence-corrected chi connectivity index (χ3v) is 6.54. The molecule has 0 spiro atoms. The molecule has 0 aromatic heterocycles. The third-order valence-electron chi connectivity index (χ3n) is 6.54. The lowest BCUT2D eigenvalue weighted by Crippen LogP contribution is -2.59. The molecule has 0 radical (unpaired) electrons. The Labute approximate surface area is 182 Å². The second-order valence-electron chi connectivity index (χ2n) is 8.42. The highest BCUT2D eigenvalue weighted by Gasteiger charge is 2.38. The van der Waals surface area contributed by atoms with Crippen molar-refractivity contribution in [2.45, 2.75) is 37.6 Å². The number of hydrogen-bond donors (Lipinski definition) is 2. The van der Waals surface area contributed by atoms with Crippen LogP contribution in [-0.2, 0) is 14.3 Å². The Morgan fingerprint density at radius 1 is 1.06 bits per heavy atom. The number of carbonyl (C=O) groups excluding carboxylic acids is 2. The van der Waals surface area contributed by atoms with Crippen LogP contribution in [-0.4, -0.2) is 66.9 Å². The molecular formula is C24H30N2O5. The number of ether oxygens (including phenoxy) is 2. The highest BCUT2D eigenvalue weighted by molar-refractivity contribution is 6.01. The van der Waals surface area contributed by atoms with Gasteiger partial charge in [0.25, 0.3) is 5.91 Å². The van der Waals surface area contributed by atoms with Gasteiger partial charge in [0.1, 0.15) is 11.3 Å². The molecule has 1 amide bonds. The van der Waals surface area contributed by atoms with E-state index in [0.29, 0.717) is 11.9 Å². The molecule has 2 aromatic rings. The van der Waals surface area contributed by atoms with Crippen LogP contribution in [0.5, 0.6) is 5.75 Å². The lowest BCUT2D eigenvalue weighted by molar-refractivity contribution is -0.125. The summed E-state index contributed by atoms with van der Waals surface area (Å²) in [6.07, 6.45) is 5.65. The Balaban J connectivity index is 1.34. The molecule has 1 heterocycles. The first-order chi connectivity index (χ1) is 15.1. The third kappa shape index (κ3) is 4.83. The Morgan fingerprint density at radius 2 is 1.81 bits per heavy atom. The fraction of sp³-hybridized carbons (Fsp3) is 0.500. The summed E-state index contributed by atoms with van der Waals surface area (Å²) in [5.74, 6) is -1.16. The maximum absolute atomic E-state index is 12.4. The Hall–Kier alpha value is -2.64. The van der Waals surface area contributed by atoms with E-state index in [2.05, 4.69) is 10.2 Å². The number of fused-ring (bicyclic) bond motifs is 1. The van der Waals surface area contributed by atoms with E-state index in [1.807, 2.05) is 12.1 Å². The molecule has 31 heavy (non-hydrogen) atoms. The first kappa shape index (κ1) is 21.6. The molecule has 2 aromatic carbocycles. The smallest absolute Gasteiger partial charge is 0.342 e. The Morgan fingerprint density at radius 3 is 2.58 bits per heavy atom. The lowest BCUT2D eigenvalue weighted by Gasteiger charge is -2.48. The van der Waals surface area contributed by atoms with E-state index in [-0.39, 0.29) is 29.4 Å². The molecule has 1 aliphatic carbocycles. The van der Waals surface area contributed by atoms with Gasteiger partial charge >= 0.3 is 5.97 Å². The fourth-order valence-electron chi connectivity index (χ4n) is 4.80. The van der Waals surface area contributed by atoms with Gasteiger partial charge in [0, 0.05) is 30.6 Å². The number of benzene rings is 2. The van der Waals surface area contributed by atoms with Gasteiger partial charge in [0.15, 0.2) is 6.61 Å². The Bertz CT molecular complexity index is 933. The van der Waals surface area contributed by atoms with Crippen LogP contribution in [0.3, 0.4) is 0 Å². The van der Waals surface area contributed by atoms with Gasteiger partial charge in [-0.2, -0.15) is 0 Å². The zero-order valence-electron chi connectivity index (χ0n) is 17.8. The average Bonchev–Trinajstić information content (AvgIpc) is 2.83. The largest absolute Gasteiger partial charge is 0.506 e. The van der Waals surface area contributed by atoms with Crippen LogP contribution in [0, 0.1) is 0 Å². The molecule has 2 fully saturated rings. The number of esters is 1. The number of carbonyl (C=O) groups is 2. The number of morpholine rings is 1. The molecule has 0 bridgehead atoms. The molecule has 2 N–H and O–H groups in total. The number of phenolic OH excluding ortho intramolecular Hbond substituents is 1. The molecular weight excluding hydrogens is 396 g/mol. The van der Waals surface area contributed by atoms with Crippen molar-refractivity contribution in [2.24, 2.45) is 0 Å². The number of phenols is 1. The molecule has 2 aliphatic rings. The van der Waals surface area contributed by atoms with Crippen LogP contribution in [0.15, 0.2) is 36.4 Å². The van der Waals surface area contributed by atoms with E-state index in [0.717, 1.165) is 57.4 Å². The van der Waals surface area contributed by atoms with Crippen LogP contribution in [0.25, 0.3) is 10.8 Å². The molecule has 1 saturated carbocycles. The average molecular weight is 427 g/mol. The van der Waals surface area contributed by atoms with Crippen LogP contribution in [0.4, 0.5) is 0 Å². The predicted molar refractivity (Wildman–Crippen MR) is 117 cm³/mol. The number of amides is 1. The second kappa shape index (κ2) is 9.66. The maximum atomic E-state index is 12.4. The topological polar surface area (TPSA) is 88.1 Å². The summed E-state index contributed by atoms with van der Waals surface area (Å²) < 4.78 is 10.7. The minimum atomic E-state index is -0.709. The van der Waals surface area contributed by atoms with E-state index < -0.39 is 5.97 Å². The van der Waals surface area contributed by atoms with Crippen molar-refractivity contribution < 1.29 is 24.2 Å². The lowest BCUT2D eigenvalue weighted by atomic mass is 9.79. The molecule has 0 atom stereocenters. The van der Waals surface area contributed by atoms with Crippen LogP contribution < -0.4 is 5.32 Å². The molecule has 0 unspecified atom stereocenters. The van der Waals surface area contributed by atoms with E-state index >= 15 is 0 Å². The summed E-state index contributed by atoms with van der Waals surface area (Å²) in [5.41, 5.74) is 0.0155. The Kier molecular flexibility index (Phi) is 6.73. The molecule has 1 saturated heterocycles. The number of rotatable bonds is 6. The van der Waals surface area contributed by atoms with E-state index in [1.165, 1.54) is 12.5 Å². The molecule has 7 nitrogen and oxygen atoms in total. The van der Waals surface area contributed by atoms with Gasteiger partial charge in [-0.15, -0.1) is 0 Å². The van der Waals surface area contributed by atoms with Crippen LogP contribution in [0.1, 0.15) is 42.5 Å². The van der Waals surface area contributed by atoms with Gasteiger partial charge in [-0.1, -0.05) is 49.6 Å². The summed E-state index contributed by atoms with van der Waals surface area (Å²) in [4.78, 5) is 27.3. The maximum Gasteiger partial charge on any atom is 0.342 e. The van der Waals surface area contributed by atoms with Crippen molar-refractivity contribution in [3.8, 4) is 5.75 Å². The van der Waals surface area contributed by atoms with E-state index in [1.54, 1.807) is 18.2 Å². The minimum absolute atomic E-state index is 0.0433. The SMILES string of the molecule is O=C(COC(=O)c1ccc2ccccc2c1O)NCC1(N2CCOCC2)CCCCC1. The molecule has 1 aliphatic heterocycles. The monoisotopic (exact) mass is 426 g/mol. The number of hydrogen-bond acceptors (Lipinski definition) is 6. The first-order valence-corrected chi connectivity index (χ1v) is 11.1. The van der Waals surface area contributed by atoms with Crippen molar-refractivity contribution >= 4 is 22.6 Å². The van der Waals surface area contributed by atoms with Gasteiger partial charge < -0.3 is 19.9 Å². The molecule has 4 rings (SSSR count). The van der Waals surface area contributed by atoms with Gasteiger partial charge in [0.2, 0.25) is 0 Å². The van der Waals surface area contributed by atoms with E-state index in [4.69, 9.17) is 9.47 Å². The summed E-state index contributed by atoms with van der Waals surface area (Å²) >= 11 is 0. The summed E-state index contributed by atoms with van der Waals surface area (Å²) in [7, 11) is 0. The van der Waals surface area contributed by atoms with Crippen LogP contribution in [0.2, 0.25) is 0 Å². The van der Waals surface area contributed by atoms with Crippen molar-refractivity contribution in [3.05, 3.63) is 42.0 Å². The van der Waals surface area contributed by atoms with Crippen molar-refractivity contribution in [1.82, 2.24) is 10.2 Å². The van der Waals surface area contributed by atoms with Gasteiger partial charge in [-0.3, -0.25) is 9.69 Å². The highest BCUT2D eigenvalue weighted by Crippen LogP contribution is 2.34. The normalized spacial score (nSPS) is 19.1. The van der Waals surface area contributed by atoms with Crippen molar-refractivity contribution in [2.75, 3.05) is 39.5 Å². The second-order valence-corrected chi connectivity index (χ2v) is 8.42. The predicted octanol–water partition coefficient (Wildman–Crippen LogP) is 2.85. The molecule has 7 heteroatoms. The number of aromatic hydroxyl groups is 1. The zero-order chi connectivity index (χ0) is 21.7. The van der Waals surface area contributed by atoms with Gasteiger partial charge in [-0.25, -0.2) is 4.79 Å². The van der Waals surface area contributed by atoms with E-state index in [9.17, 15) is 14.7 Å². The van der Waals surface area contributed by atoms with Crippen molar-refractivity contribution in [3.63, 3.8) is 0 Å².